The van der Waals surface area contributed by atoms with Crippen molar-refractivity contribution in [2.75, 3.05) is 18.1 Å². The number of hydrazine groups is 1. The Bertz CT molecular complexity index is 507. The summed E-state index contributed by atoms with van der Waals surface area (Å²) in [6.45, 7) is 1.91. The van der Waals surface area contributed by atoms with Crippen LogP contribution in [0.5, 0.6) is 0 Å². The van der Waals surface area contributed by atoms with Gasteiger partial charge in [-0.05, 0) is 37.6 Å². The van der Waals surface area contributed by atoms with Crippen LogP contribution in [0.2, 0.25) is 0 Å². The Kier molecular flexibility index (Phi) is 2.56. The zero-order chi connectivity index (χ0) is 12.6. The summed E-state index contributed by atoms with van der Waals surface area (Å²) in [6.07, 6.45) is 5.59. The van der Waals surface area contributed by atoms with Crippen LogP contribution in [-0.4, -0.2) is 18.1 Å². The van der Waals surface area contributed by atoms with E-state index in [-0.39, 0.29) is 10.4 Å². The second-order valence-corrected chi connectivity index (χ2v) is 4.82. The first-order valence-electron chi connectivity index (χ1n) is 6.16. The highest BCUT2D eigenvalue weighted by atomic mass is 16.7. The molecule has 3 rings (SSSR count). The molecule has 0 aromatic heterocycles. The molecule has 2 heterocycles. The minimum Gasteiger partial charge on any atom is -0.317 e. The molecule has 0 bridgehead atoms. The summed E-state index contributed by atoms with van der Waals surface area (Å²) in [4.78, 5) is 11.1. The zero-order valence-corrected chi connectivity index (χ0v) is 10.0. The maximum Gasteiger partial charge on any atom is 0.169 e. The Hall–Kier alpha value is -1.88. The zero-order valence-electron chi connectivity index (χ0n) is 10.0. The average molecular weight is 245 g/mol. The average Bonchev–Trinajstić information content (AvgIpc) is 2.40. The van der Waals surface area contributed by atoms with Crippen LogP contribution in [-0.2, 0) is 5.41 Å². The first-order chi connectivity index (χ1) is 8.73. The van der Waals surface area contributed by atoms with E-state index in [0.29, 0.717) is 5.69 Å². The number of fused-ring (bicyclic) bond motifs is 2. The number of nitro groups is 1. The number of hydrogen-bond acceptors (Lipinski definition) is 3. The van der Waals surface area contributed by atoms with Crippen molar-refractivity contribution >= 4 is 5.69 Å². The Morgan fingerprint density at radius 2 is 2.00 bits per heavy atom. The lowest BCUT2D eigenvalue weighted by molar-refractivity contribution is -0.485. The van der Waals surface area contributed by atoms with E-state index in [1.165, 1.54) is 0 Å². The van der Waals surface area contributed by atoms with Gasteiger partial charge in [-0.25, -0.2) is 10.1 Å². The van der Waals surface area contributed by atoms with Crippen LogP contribution in [0.15, 0.2) is 36.5 Å². The summed E-state index contributed by atoms with van der Waals surface area (Å²) in [5, 5.41) is 15.1. The molecule has 0 radical (unpaired) electrons. The lowest BCUT2D eigenvalue weighted by Gasteiger charge is -2.39. The van der Waals surface area contributed by atoms with Gasteiger partial charge in [0, 0.05) is 5.41 Å². The molecule has 2 aliphatic rings. The van der Waals surface area contributed by atoms with Crippen LogP contribution in [0, 0.1) is 10.1 Å². The van der Waals surface area contributed by atoms with Crippen LogP contribution in [0.1, 0.15) is 18.4 Å². The lowest BCUT2D eigenvalue weighted by atomic mass is 9.71. The number of piperidine rings is 1. The molecular formula is C13H15N3O2. The van der Waals surface area contributed by atoms with E-state index in [9.17, 15) is 10.1 Å². The highest BCUT2D eigenvalue weighted by Gasteiger charge is 2.39. The van der Waals surface area contributed by atoms with E-state index < -0.39 is 0 Å². The van der Waals surface area contributed by atoms with Crippen LogP contribution in [0.3, 0.4) is 0 Å². The number of rotatable bonds is 1. The minimum atomic E-state index is -0.372. The van der Waals surface area contributed by atoms with Crippen LogP contribution >= 0.6 is 0 Å². The smallest absolute Gasteiger partial charge is 0.169 e. The topological polar surface area (TPSA) is 58.4 Å². The molecule has 0 atom stereocenters. The molecule has 1 N–H and O–H groups in total. The summed E-state index contributed by atoms with van der Waals surface area (Å²) < 4.78 is 0. The third-order valence-corrected chi connectivity index (χ3v) is 3.89. The van der Waals surface area contributed by atoms with Crippen molar-refractivity contribution in [1.82, 2.24) is 5.32 Å². The van der Waals surface area contributed by atoms with Gasteiger partial charge in [0.25, 0.3) is 0 Å². The fraction of sp³-hybridized carbons (Fsp3) is 0.385. The minimum absolute atomic E-state index is 0.0334. The molecule has 0 saturated carbocycles. The maximum absolute atomic E-state index is 11.1. The van der Waals surface area contributed by atoms with Gasteiger partial charge >= 0.3 is 0 Å². The Labute approximate surface area is 105 Å². The van der Waals surface area contributed by atoms with E-state index in [1.807, 2.05) is 30.3 Å². The molecule has 94 valence electrons. The van der Waals surface area contributed by atoms with Crippen LogP contribution in [0.4, 0.5) is 5.69 Å². The van der Waals surface area contributed by atoms with E-state index in [0.717, 1.165) is 36.5 Å². The highest BCUT2D eigenvalue weighted by Crippen LogP contribution is 2.43. The Morgan fingerprint density at radius 3 is 2.72 bits per heavy atom. The summed E-state index contributed by atoms with van der Waals surface area (Å²) in [5.74, 6) is 0. The van der Waals surface area contributed by atoms with Gasteiger partial charge < -0.3 is 5.32 Å². The number of nitrogens with one attached hydrogen (secondary N) is 1. The number of nitrogens with zero attached hydrogens (tertiary/aromatic N) is 2. The van der Waals surface area contributed by atoms with Crippen molar-refractivity contribution in [2.45, 2.75) is 18.3 Å². The summed E-state index contributed by atoms with van der Waals surface area (Å²) >= 11 is 0. The fourth-order valence-electron chi connectivity index (χ4n) is 2.93. The molecule has 1 fully saturated rings. The molecule has 5 heteroatoms. The van der Waals surface area contributed by atoms with Crippen molar-refractivity contribution in [3.8, 4) is 0 Å². The van der Waals surface area contributed by atoms with Gasteiger partial charge in [-0.1, -0.05) is 29.3 Å². The predicted molar refractivity (Wildman–Crippen MR) is 68.8 cm³/mol. The second kappa shape index (κ2) is 4.10. The van der Waals surface area contributed by atoms with Gasteiger partial charge in [-0.2, -0.15) is 0 Å². The van der Waals surface area contributed by atoms with Gasteiger partial charge in [0.15, 0.2) is 5.03 Å². The van der Waals surface area contributed by atoms with E-state index in [2.05, 4.69) is 5.32 Å². The standard InChI is InChI=1S/C13H15N3O2/c17-16(18)15-10-7-13(5-8-14-9-6-13)11-3-1-2-4-12(11)15/h1-4,7,10,14H,5-6,8-9H2. The molecule has 0 aliphatic carbocycles. The van der Waals surface area contributed by atoms with Crippen molar-refractivity contribution in [1.29, 1.82) is 0 Å². The molecule has 0 unspecified atom stereocenters. The summed E-state index contributed by atoms with van der Waals surface area (Å²) in [6, 6.07) is 7.65. The van der Waals surface area contributed by atoms with Gasteiger partial charge in [0.1, 0.15) is 5.69 Å². The molecule has 1 spiro atoms. The Morgan fingerprint density at radius 1 is 1.28 bits per heavy atom. The quantitative estimate of drug-likeness (QED) is 0.605. The number of hydrogen-bond donors (Lipinski definition) is 1. The van der Waals surface area contributed by atoms with Gasteiger partial charge in [0.2, 0.25) is 0 Å². The first kappa shape index (κ1) is 11.2. The molecular weight excluding hydrogens is 230 g/mol. The molecule has 1 aromatic rings. The van der Waals surface area contributed by atoms with Gasteiger partial charge in [0.05, 0.1) is 6.20 Å². The number of para-hydroxylation sites is 1. The third-order valence-electron chi connectivity index (χ3n) is 3.89. The fourth-order valence-corrected chi connectivity index (χ4v) is 2.93. The molecule has 1 aromatic carbocycles. The van der Waals surface area contributed by atoms with Crippen LogP contribution in [0.25, 0.3) is 0 Å². The highest BCUT2D eigenvalue weighted by molar-refractivity contribution is 5.61. The van der Waals surface area contributed by atoms with Crippen molar-refractivity contribution < 1.29 is 5.03 Å². The van der Waals surface area contributed by atoms with E-state index >= 15 is 0 Å². The SMILES string of the molecule is O=[N+]([O-])N1C=CC2(CCNCC2)c2ccccc21. The number of allylic oxidation sites excluding steroid dienone is 1. The number of anilines is 1. The van der Waals surface area contributed by atoms with Gasteiger partial charge in [-0.15, -0.1) is 0 Å². The third kappa shape index (κ3) is 1.59. The van der Waals surface area contributed by atoms with Crippen LogP contribution < -0.4 is 10.3 Å². The second-order valence-electron chi connectivity index (χ2n) is 4.82. The molecule has 5 nitrogen and oxygen atoms in total. The van der Waals surface area contributed by atoms with Gasteiger partial charge in [-0.3, -0.25) is 0 Å². The lowest BCUT2D eigenvalue weighted by Crippen LogP contribution is -2.42. The summed E-state index contributed by atoms with van der Waals surface area (Å²) in [5.41, 5.74) is 1.74. The van der Waals surface area contributed by atoms with Crippen molar-refractivity contribution in [3.63, 3.8) is 0 Å². The molecule has 1 saturated heterocycles. The normalized spacial score (nSPS) is 20.8. The predicted octanol–water partition coefficient (Wildman–Crippen LogP) is 1.83. The molecule has 0 amide bonds. The van der Waals surface area contributed by atoms with E-state index in [1.54, 1.807) is 6.20 Å². The largest absolute Gasteiger partial charge is 0.317 e. The summed E-state index contributed by atoms with van der Waals surface area (Å²) in [7, 11) is 0. The molecule has 2 aliphatic heterocycles. The number of benzene rings is 1. The molecule has 18 heavy (non-hydrogen) atoms. The monoisotopic (exact) mass is 245 g/mol. The maximum atomic E-state index is 11.1. The van der Waals surface area contributed by atoms with Crippen molar-refractivity contribution in [2.24, 2.45) is 0 Å². The first-order valence-corrected chi connectivity index (χ1v) is 6.16. The Balaban J connectivity index is 2.11. The van der Waals surface area contributed by atoms with E-state index in [4.69, 9.17) is 0 Å². The van der Waals surface area contributed by atoms with Crippen molar-refractivity contribution in [3.05, 3.63) is 52.2 Å².